The van der Waals surface area contributed by atoms with E-state index in [4.69, 9.17) is 9.47 Å². The van der Waals surface area contributed by atoms with Crippen LogP contribution in [-0.2, 0) is 14.3 Å². The average Bonchev–Trinajstić information content (AvgIpc) is 3.14. The molecule has 0 bridgehead atoms. The Morgan fingerprint density at radius 1 is 1.16 bits per heavy atom. The molecule has 3 rings (SSSR count). The van der Waals surface area contributed by atoms with Crippen LogP contribution in [0.25, 0.3) is 0 Å². The number of ether oxygens (including phenoxy) is 2. The molecule has 2 heterocycles. The number of nitrogens with one attached hydrogen (secondary N) is 1. The number of piperidine rings is 1. The molecule has 0 saturated carbocycles. The molecule has 0 aliphatic carbocycles. The van der Waals surface area contributed by atoms with Crippen molar-refractivity contribution in [3.63, 3.8) is 0 Å². The third-order valence-corrected chi connectivity index (χ3v) is 4.50. The number of likely N-dealkylation sites (tertiary alicyclic amines) is 1. The van der Waals surface area contributed by atoms with Crippen LogP contribution in [0.5, 0.6) is 0 Å². The number of rotatable bonds is 4. The summed E-state index contributed by atoms with van der Waals surface area (Å²) < 4.78 is 37.4. The van der Waals surface area contributed by atoms with Gasteiger partial charge in [-0.2, -0.15) is 0 Å². The normalized spacial score (nSPS) is 19.2. The number of hydrogen-bond acceptors (Lipinski definition) is 4. The minimum atomic E-state index is -0.956. The van der Waals surface area contributed by atoms with E-state index in [1.807, 2.05) is 0 Å². The Kier molecular flexibility index (Phi) is 5.60. The maximum Gasteiger partial charge on any atom is 0.254 e. The first-order valence-electron chi connectivity index (χ1n) is 8.29. The van der Waals surface area contributed by atoms with Crippen molar-refractivity contribution in [1.29, 1.82) is 0 Å². The van der Waals surface area contributed by atoms with Crippen LogP contribution in [0.4, 0.5) is 8.78 Å². The van der Waals surface area contributed by atoms with Crippen molar-refractivity contribution in [2.24, 2.45) is 5.92 Å². The summed E-state index contributed by atoms with van der Waals surface area (Å²) in [5.41, 5.74) is -0.288. The van der Waals surface area contributed by atoms with Gasteiger partial charge in [-0.05, 0) is 25.0 Å². The van der Waals surface area contributed by atoms with Gasteiger partial charge in [-0.15, -0.1) is 0 Å². The Labute approximate surface area is 144 Å². The monoisotopic (exact) mass is 354 g/mol. The molecule has 1 aromatic carbocycles. The van der Waals surface area contributed by atoms with Crippen molar-refractivity contribution in [3.8, 4) is 0 Å². The second-order valence-corrected chi connectivity index (χ2v) is 6.14. The van der Waals surface area contributed by atoms with E-state index < -0.39 is 17.5 Å². The highest BCUT2D eigenvalue weighted by Gasteiger charge is 2.31. The first kappa shape index (κ1) is 17.8. The molecule has 6 nitrogen and oxygen atoms in total. The van der Waals surface area contributed by atoms with Crippen LogP contribution < -0.4 is 5.32 Å². The van der Waals surface area contributed by atoms with E-state index in [0.29, 0.717) is 32.4 Å². The summed E-state index contributed by atoms with van der Waals surface area (Å²) in [4.78, 5) is 25.8. The van der Waals surface area contributed by atoms with Crippen molar-refractivity contribution in [2.45, 2.75) is 19.1 Å². The first-order valence-corrected chi connectivity index (χ1v) is 8.29. The zero-order valence-electron chi connectivity index (χ0n) is 13.7. The van der Waals surface area contributed by atoms with Gasteiger partial charge in [0.2, 0.25) is 5.91 Å². The summed E-state index contributed by atoms with van der Waals surface area (Å²) in [6, 6.07) is 2.68. The van der Waals surface area contributed by atoms with Crippen LogP contribution >= 0.6 is 0 Å². The lowest BCUT2D eigenvalue weighted by Gasteiger charge is -2.33. The van der Waals surface area contributed by atoms with Gasteiger partial charge >= 0.3 is 0 Å². The van der Waals surface area contributed by atoms with E-state index >= 15 is 0 Å². The van der Waals surface area contributed by atoms with E-state index in [-0.39, 0.29) is 30.2 Å². The highest BCUT2D eigenvalue weighted by molar-refractivity contribution is 5.96. The molecule has 2 aliphatic heterocycles. The van der Waals surface area contributed by atoms with Crippen LogP contribution in [0.3, 0.4) is 0 Å². The molecule has 0 radical (unpaired) electrons. The summed E-state index contributed by atoms with van der Waals surface area (Å²) in [6.07, 6.45) is 1.37. The molecule has 2 amide bonds. The Bertz CT molecular complexity index is 642. The van der Waals surface area contributed by atoms with E-state index in [2.05, 4.69) is 5.32 Å². The van der Waals surface area contributed by atoms with Gasteiger partial charge in [0.25, 0.3) is 5.91 Å². The largest absolute Gasteiger partial charge is 0.350 e. The lowest BCUT2D eigenvalue weighted by Crippen LogP contribution is -2.45. The summed E-state index contributed by atoms with van der Waals surface area (Å²) in [7, 11) is 0. The summed E-state index contributed by atoms with van der Waals surface area (Å²) in [5.74, 6) is -2.42. The SMILES string of the molecule is O=C(NCC(=O)N1CCC(C2OCCO2)CC1)c1ccc(F)cc1F. The number of benzene rings is 1. The lowest BCUT2D eigenvalue weighted by atomic mass is 9.96. The topological polar surface area (TPSA) is 67.9 Å². The van der Waals surface area contributed by atoms with Crippen molar-refractivity contribution in [1.82, 2.24) is 10.2 Å². The molecule has 2 aliphatic rings. The van der Waals surface area contributed by atoms with Crippen LogP contribution in [0.1, 0.15) is 23.2 Å². The Hall–Kier alpha value is -2.06. The molecule has 0 aromatic heterocycles. The summed E-state index contributed by atoms with van der Waals surface area (Å²) in [5, 5.41) is 2.38. The Morgan fingerprint density at radius 2 is 1.84 bits per heavy atom. The minimum absolute atomic E-state index is 0.182. The summed E-state index contributed by atoms with van der Waals surface area (Å²) >= 11 is 0. The van der Waals surface area contributed by atoms with Crippen molar-refractivity contribution >= 4 is 11.8 Å². The zero-order valence-corrected chi connectivity index (χ0v) is 13.7. The fraction of sp³-hybridized carbons (Fsp3) is 0.529. The van der Waals surface area contributed by atoms with E-state index in [1.54, 1.807) is 4.90 Å². The van der Waals surface area contributed by atoms with Gasteiger partial charge in [-0.1, -0.05) is 0 Å². The highest BCUT2D eigenvalue weighted by atomic mass is 19.1. The van der Waals surface area contributed by atoms with Gasteiger partial charge in [-0.25, -0.2) is 8.78 Å². The van der Waals surface area contributed by atoms with E-state index in [1.165, 1.54) is 0 Å². The molecule has 0 unspecified atom stereocenters. The quantitative estimate of drug-likeness (QED) is 0.885. The number of carbonyl (C=O) groups is 2. The number of halogens is 2. The second-order valence-electron chi connectivity index (χ2n) is 6.14. The molecule has 2 saturated heterocycles. The fourth-order valence-electron chi connectivity index (χ4n) is 3.11. The van der Waals surface area contributed by atoms with Gasteiger partial charge in [0, 0.05) is 25.1 Å². The van der Waals surface area contributed by atoms with Crippen LogP contribution in [-0.4, -0.2) is 55.9 Å². The molecule has 0 atom stereocenters. The first-order chi connectivity index (χ1) is 12.0. The number of amides is 2. The molecule has 8 heteroatoms. The average molecular weight is 354 g/mol. The molecule has 0 spiro atoms. The van der Waals surface area contributed by atoms with Crippen molar-refractivity contribution in [2.75, 3.05) is 32.8 Å². The van der Waals surface area contributed by atoms with Crippen LogP contribution in [0, 0.1) is 17.6 Å². The van der Waals surface area contributed by atoms with Gasteiger partial charge in [-0.3, -0.25) is 9.59 Å². The predicted octanol–water partition coefficient (Wildman–Crippen LogP) is 1.31. The third kappa shape index (κ3) is 4.32. The Balaban J connectivity index is 1.45. The Morgan fingerprint density at radius 3 is 2.48 bits per heavy atom. The van der Waals surface area contributed by atoms with Gasteiger partial charge < -0.3 is 19.7 Å². The maximum absolute atomic E-state index is 13.6. The van der Waals surface area contributed by atoms with Gasteiger partial charge in [0.05, 0.1) is 25.3 Å². The van der Waals surface area contributed by atoms with Crippen molar-refractivity contribution < 1.29 is 27.8 Å². The van der Waals surface area contributed by atoms with E-state index in [0.717, 1.165) is 25.0 Å². The molecule has 1 aromatic rings. The fourth-order valence-corrected chi connectivity index (χ4v) is 3.11. The van der Waals surface area contributed by atoms with E-state index in [9.17, 15) is 18.4 Å². The molecule has 136 valence electrons. The molecule has 1 N–H and O–H groups in total. The number of hydrogen-bond donors (Lipinski definition) is 1. The molecular weight excluding hydrogens is 334 g/mol. The summed E-state index contributed by atoms with van der Waals surface area (Å²) in [6.45, 7) is 2.11. The van der Waals surface area contributed by atoms with Gasteiger partial charge in [0.15, 0.2) is 6.29 Å². The number of carbonyl (C=O) groups excluding carboxylic acids is 2. The van der Waals surface area contributed by atoms with Crippen molar-refractivity contribution in [3.05, 3.63) is 35.4 Å². The standard InChI is InChI=1S/C17H20F2N2O4/c18-12-1-2-13(14(19)9-12)16(23)20-10-15(22)21-5-3-11(4-6-21)17-24-7-8-25-17/h1-2,9,11,17H,3-8,10H2,(H,20,23). The molecule has 2 fully saturated rings. The minimum Gasteiger partial charge on any atom is -0.350 e. The molecule has 25 heavy (non-hydrogen) atoms. The lowest BCUT2D eigenvalue weighted by molar-refractivity contribution is -0.135. The number of nitrogens with zero attached hydrogens (tertiary/aromatic N) is 1. The molecular formula is C17H20F2N2O4. The predicted molar refractivity (Wildman–Crippen MR) is 83.7 cm³/mol. The smallest absolute Gasteiger partial charge is 0.254 e. The highest BCUT2D eigenvalue weighted by Crippen LogP contribution is 2.25. The van der Waals surface area contributed by atoms with Crippen LogP contribution in [0.15, 0.2) is 18.2 Å². The third-order valence-electron chi connectivity index (χ3n) is 4.50. The van der Waals surface area contributed by atoms with Gasteiger partial charge in [0.1, 0.15) is 11.6 Å². The second kappa shape index (κ2) is 7.88. The van der Waals surface area contributed by atoms with Crippen LogP contribution in [0.2, 0.25) is 0 Å². The zero-order chi connectivity index (χ0) is 17.8. The maximum atomic E-state index is 13.6.